The predicted octanol–water partition coefficient (Wildman–Crippen LogP) is 1.19. The normalized spacial score (nSPS) is 13.1. The molecule has 0 heterocycles. The highest BCUT2D eigenvalue weighted by atomic mass is 19.1. The number of carbonyl (C=O) groups excluding carboxylic acids is 3. The molecule has 0 bridgehead atoms. The number of halogens is 1. The van der Waals surface area contributed by atoms with Crippen LogP contribution in [0.5, 0.6) is 0 Å². The Kier molecular flexibility index (Phi) is 7.35. The lowest BCUT2D eigenvalue weighted by Crippen LogP contribution is -2.54. The fourth-order valence-corrected chi connectivity index (χ4v) is 2.25. The van der Waals surface area contributed by atoms with Gasteiger partial charge in [-0.25, -0.2) is 9.18 Å². The number of methoxy groups -OCH3 is 1. The maximum Gasteiger partial charge on any atom is 0.328 e. The van der Waals surface area contributed by atoms with Gasteiger partial charge in [-0.2, -0.15) is 0 Å². The molecule has 0 aromatic heterocycles. The zero-order valence-corrected chi connectivity index (χ0v) is 14.3. The van der Waals surface area contributed by atoms with E-state index in [9.17, 15) is 18.8 Å². The molecule has 6 nitrogen and oxygen atoms in total. The molecule has 0 aliphatic rings. The number of carbonyl (C=O) groups is 3. The molecule has 1 aromatic rings. The lowest BCUT2D eigenvalue weighted by atomic mass is 10.0. The van der Waals surface area contributed by atoms with Crippen LogP contribution in [0.3, 0.4) is 0 Å². The van der Waals surface area contributed by atoms with Gasteiger partial charge in [0.15, 0.2) is 0 Å². The van der Waals surface area contributed by atoms with E-state index in [0.29, 0.717) is 5.56 Å². The largest absolute Gasteiger partial charge is 0.467 e. The molecule has 0 saturated carbocycles. The molecule has 0 saturated heterocycles. The zero-order chi connectivity index (χ0) is 18.3. The second-order valence-electron chi connectivity index (χ2n) is 5.84. The van der Waals surface area contributed by atoms with E-state index >= 15 is 0 Å². The van der Waals surface area contributed by atoms with E-state index in [4.69, 9.17) is 4.74 Å². The summed E-state index contributed by atoms with van der Waals surface area (Å²) < 4.78 is 18.0. The molecule has 1 aromatic carbocycles. The highest BCUT2D eigenvalue weighted by molar-refractivity contribution is 5.90. The van der Waals surface area contributed by atoms with Crippen molar-refractivity contribution in [2.24, 2.45) is 5.92 Å². The molecule has 132 valence electrons. The average Bonchev–Trinajstić information content (AvgIpc) is 2.50. The predicted molar refractivity (Wildman–Crippen MR) is 86.5 cm³/mol. The lowest BCUT2D eigenvalue weighted by molar-refractivity contribution is -0.145. The molecule has 24 heavy (non-hydrogen) atoms. The van der Waals surface area contributed by atoms with Gasteiger partial charge < -0.3 is 15.4 Å². The Hall–Kier alpha value is -2.44. The summed E-state index contributed by atoms with van der Waals surface area (Å²) >= 11 is 0. The third-order valence-corrected chi connectivity index (χ3v) is 3.44. The highest BCUT2D eigenvalue weighted by Gasteiger charge is 2.28. The summed E-state index contributed by atoms with van der Waals surface area (Å²) in [5, 5.41) is 5.12. The van der Waals surface area contributed by atoms with Crippen LogP contribution in [-0.4, -0.2) is 37.0 Å². The summed E-state index contributed by atoms with van der Waals surface area (Å²) in [6.07, 6.45) is 0.0844. The Morgan fingerprint density at radius 1 is 1.21 bits per heavy atom. The Morgan fingerprint density at radius 3 is 2.38 bits per heavy atom. The standard InChI is InChI=1S/C17H23FN2O4/c1-10(2)15(19-11(3)21)16(22)20-14(17(23)24-4)9-12-6-5-7-13(18)8-12/h5-8,10,14-15H,9H2,1-4H3,(H,19,21)(H,20,22)/t14-,15-/m1/s1. The molecule has 0 spiro atoms. The first-order chi connectivity index (χ1) is 11.2. The Bertz CT molecular complexity index is 604. The van der Waals surface area contributed by atoms with Crippen molar-refractivity contribution in [1.29, 1.82) is 0 Å². The van der Waals surface area contributed by atoms with E-state index in [1.165, 1.54) is 32.2 Å². The van der Waals surface area contributed by atoms with E-state index in [2.05, 4.69) is 10.6 Å². The molecule has 0 aliphatic heterocycles. The highest BCUT2D eigenvalue weighted by Crippen LogP contribution is 2.09. The number of nitrogens with one attached hydrogen (secondary N) is 2. The van der Waals surface area contributed by atoms with Gasteiger partial charge in [-0.1, -0.05) is 26.0 Å². The molecule has 1 rings (SSSR count). The minimum absolute atomic E-state index is 0.0844. The number of hydrogen-bond acceptors (Lipinski definition) is 4. The second-order valence-corrected chi connectivity index (χ2v) is 5.84. The van der Waals surface area contributed by atoms with Crippen LogP contribution in [0.4, 0.5) is 4.39 Å². The smallest absolute Gasteiger partial charge is 0.328 e. The maximum absolute atomic E-state index is 13.3. The van der Waals surface area contributed by atoms with Crippen molar-refractivity contribution in [3.8, 4) is 0 Å². The molecule has 7 heteroatoms. The maximum atomic E-state index is 13.3. The average molecular weight is 338 g/mol. The van der Waals surface area contributed by atoms with E-state index in [1.807, 2.05) is 0 Å². The van der Waals surface area contributed by atoms with Gasteiger partial charge in [-0.15, -0.1) is 0 Å². The lowest BCUT2D eigenvalue weighted by Gasteiger charge is -2.24. The summed E-state index contributed by atoms with van der Waals surface area (Å²) in [6.45, 7) is 4.87. The van der Waals surface area contributed by atoms with E-state index in [-0.39, 0.29) is 18.2 Å². The van der Waals surface area contributed by atoms with Crippen molar-refractivity contribution < 1.29 is 23.5 Å². The van der Waals surface area contributed by atoms with Crippen LogP contribution in [0.1, 0.15) is 26.3 Å². The number of rotatable bonds is 7. The van der Waals surface area contributed by atoms with Gasteiger partial charge in [0.05, 0.1) is 7.11 Å². The van der Waals surface area contributed by atoms with Gasteiger partial charge in [-0.3, -0.25) is 9.59 Å². The number of benzene rings is 1. The number of esters is 1. The monoisotopic (exact) mass is 338 g/mol. The van der Waals surface area contributed by atoms with Crippen LogP contribution in [-0.2, 0) is 25.5 Å². The van der Waals surface area contributed by atoms with Crippen molar-refractivity contribution in [3.05, 3.63) is 35.6 Å². The minimum atomic E-state index is -0.973. The quantitative estimate of drug-likeness (QED) is 0.732. The van der Waals surface area contributed by atoms with Crippen LogP contribution in [0.2, 0.25) is 0 Å². The molecule has 0 fully saturated rings. The molecule has 0 aliphatic carbocycles. The number of hydrogen-bond donors (Lipinski definition) is 2. The summed E-state index contributed by atoms with van der Waals surface area (Å²) in [7, 11) is 1.21. The van der Waals surface area contributed by atoms with Crippen LogP contribution < -0.4 is 10.6 Å². The first kappa shape index (κ1) is 19.6. The van der Waals surface area contributed by atoms with E-state index in [1.54, 1.807) is 19.9 Å². The topological polar surface area (TPSA) is 84.5 Å². The number of amides is 2. The van der Waals surface area contributed by atoms with Crippen LogP contribution in [0.15, 0.2) is 24.3 Å². The fourth-order valence-electron chi connectivity index (χ4n) is 2.25. The third-order valence-electron chi connectivity index (χ3n) is 3.44. The van der Waals surface area contributed by atoms with Crippen molar-refractivity contribution >= 4 is 17.8 Å². The Balaban J connectivity index is 2.90. The summed E-state index contributed by atoms with van der Waals surface area (Å²) in [6, 6.07) is 4.01. The van der Waals surface area contributed by atoms with E-state index < -0.39 is 29.8 Å². The van der Waals surface area contributed by atoms with Gasteiger partial charge in [0, 0.05) is 13.3 Å². The SMILES string of the molecule is COC(=O)[C@@H](Cc1cccc(F)c1)NC(=O)[C@H](NC(C)=O)C(C)C. The fraction of sp³-hybridized carbons (Fsp3) is 0.471. The van der Waals surface area contributed by atoms with Crippen molar-refractivity contribution in [1.82, 2.24) is 10.6 Å². The third kappa shape index (κ3) is 5.98. The molecular weight excluding hydrogens is 315 g/mol. The molecule has 0 unspecified atom stereocenters. The summed E-state index contributed by atoms with van der Waals surface area (Å²) in [4.78, 5) is 35.6. The van der Waals surface area contributed by atoms with Gasteiger partial charge >= 0.3 is 5.97 Å². The zero-order valence-electron chi connectivity index (χ0n) is 14.3. The first-order valence-electron chi connectivity index (χ1n) is 7.64. The summed E-state index contributed by atoms with van der Waals surface area (Å²) in [5.74, 6) is -2.07. The number of ether oxygens (including phenoxy) is 1. The molecule has 2 atom stereocenters. The van der Waals surface area contributed by atoms with Crippen LogP contribution >= 0.6 is 0 Å². The second kappa shape index (κ2) is 9.00. The molecular formula is C17H23FN2O4. The van der Waals surface area contributed by atoms with Gasteiger partial charge in [0.2, 0.25) is 11.8 Å². The molecule has 2 amide bonds. The van der Waals surface area contributed by atoms with Crippen LogP contribution in [0, 0.1) is 11.7 Å². The van der Waals surface area contributed by atoms with Gasteiger partial charge in [0.1, 0.15) is 17.9 Å². The van der Waals surface area contributed by atoms with Gasteiger partial charge in [-0.05, 0) is 23.6 Å². The van der Waals surface area contributed by atoms with Crippen molar-refractivity contribution in [2.75, 3.05) is 7.11 Å². The molecule has 2 N–H and O–H groups in total. The Labute approximate surface area is 140 Å². The van der Waals surface area contributed by atoms with E-state index in [0.717, 1.165) is 0 Å². The molecule has 0 radical (unpaired) electrons. The van der Waals surface area contributed by atoms with Gasteiger partial charge in [0.25, 0.3) is 0 Å². The summed E-state index contributed by atoms with van der Waals surface area (Å²) in [5.41, 5.74) is 0.548. The first-order valence-corrected chi connectivity index (χ1v) is 7.64. The van der Waals surface area contributed by atoms with Crippen molar-refractivity contribution in [3.63, 3.8) is 0 Å². The minimum Gasteiger partial charge on any atom is -0.467 e. The Morgan fingerprint density at radius 2 is 1.88 bits per heavy atom. The van der Waals surface area contributed by atoms with Crippen LogP contribution in [0.25, 0.3) is 0 Å². The van der Waals surface area contributed by atoms with Crippen molar-refractivity contribution in [2.45, 2.75) is 39.3 Å².